The van der Waals surface area contributed by atoms with Crippen LogP contribution in [0.4, 0.5) is 5.69 Å². The van der Waals surface area contributed by atoms with Gasteiger partial charge in [0.1, 0.15) is 6.04 Å². The first-order valence-corrected chi connectivity index (χ1v) is 9.13. The minimum absolute atomic E-state index is 0.0226. The summed E-state index contributed by atoms with van der Waals surface area (Å²) in [5.74, 6) is 0.471. The lowest BCUT2D eigenvalue weighted by molar-refractivity contribution is -0.124. The zero-order valence-electron chi connectivity index (χ0n) is 15.3. The van der Waals surface area contributed by atoms with Crippen molar-refractivity contribution in [3.63, 3.8) is 0 Å². The van der Waals surface area contributed by atoms with Gasteiger partial charge in [-0.15, -0.1) is 0 Å². The first-order chi connectivity index (χ1) is 12.6. The van der Waals surface area contributed by atoms with E-state index >= 15 is 0 Å². The topological polar surface area (TPSA) is 85.0 Å². The number of aryl methyl sites for hydroxylation is 1. The number of carbonyl (C=O) groups is 1. The van der Waals surface area contributed by atoms with Crippen LogP contribution in [0.3, 0.4) is 0 Å². The van der Waals surface area contributed by atoms with E-state index in [9.17, 15) is 9.59 Å². The van der Waals surface area contributed by atoms with Crippen LogP contribution in [0.15, 0.2) is 35.5 Å². The molecule has 1 aliphatic rings. The summed E-state index contributed by atoms with van der Waals surface area (Å²) in [5, 5.41) is 11.3. The van der Waals surface area contributed by atoms with Crippen LogP contribution in [0.5, 0.6) is 0 Å². The lowest BCUT2D eigenvalue weighted by Crippen LogP contribution is -2.41. The van der Waals surface area contributed by atoms with E-state index in [-0.39, 0.29) is 17.5 Å². The van der Waals surface area contributed by atoms with Crippen molar-refractivity contribution in [2.75, 3.05) is 24.5 Å². The molecule has 8 nitrogen and oxygen atoms in total. The normalized spacial score (nSPS) is 16.5. The van der Waals surface area contributed by atoms with Crippen LogP contribution in [0.2, 0.25) is 0 Å². The summed E-state index contributed by atoms with van der Waals surface area (Å²) in [7, 11) is 1.65. The van der Waals surface area contributed by atoms with Crippen LogP contribution >= 0.6 is 0 Å². The Labute approximate surface area is 152 Å². The first-order valence-electron chi connectivity index (χ1n) is 9.13. The molecule has 1 fully saturated rings. The lowest BCUT2D eigenvalue weighted by atomic mass is 9.96. The molecule has 140 valence electrons. The van der Waals surface area contributed by atoms with Gasteiger partial charge in [0.25, 0.3) is 5.56 Å². The molecule has 0 aliphatic carbocycles. The number of rotatable bonds is 6. The minimum atomic E-state index is -0.253. The van der Waals surface area contributed by atoms with Crippen LogP contribution in [-0.4, -0.2) is 45.1 Å². The molecule has 1 amide bonds. The van der Waals surface area contributed by atoms with E-state index in [0.717, 1.165) is 31.6 Å². The van der Waals surface area contributed by atoms with Crippen molar-refractivity contribution in [2.24, 2.45) is 13.0 Å². The molecular formula is C18H26N6O2. The van der Waals surface area contributed by atoms with Gasteiger partial charge in [-0.05, 0) is 31.2 Å². The van der Waals surface area contributed by atoms with Crippen LogP contribution in [0.25, 0.3) is 0 Å². The van der Waals surface area contributed by atoms with Gasteiger partial charge in [0.15, 0.2) is 0 Å². The fourth-order valence-corrected chi connectivity index (χ4v) is 3.35. The number of nitrogens with zero attached hydrogens (tertiary/aromatic N) is 5. The largest absolute Gasteiger partial charge is 0.370 e. The highest BCUT2D eigenvalue weighted by atomic mass is 16.2. The molecule has 3 rings (SSSR count). The minimum Gasteiger partial charge on any atom is -0.370 e. The Morgan fingerprint density at radius 1 is 1.35 bits per heavy atom. The summed E-state index contributed by atoms with van der Waals surface area (Å²) < 4.78 is 3.04. The van der Waals surface area contributed by atoms with Gasteiger partial charge in [0.2, 0.25) is 5.91 Å². The molecular weight excluding hydrogens is 332 g/mol. The van der Waals surface area contributed by atoms with Crippen molar-refractivity contribution < 1.29 is 4.79 Å². The predicted molar refractivity (Wildman–Crippen MR) is 99.0 cm³/mol. The third-order valence-corrected chi connectivity index (χ3v) is 5.03. The maximum absolute atomic E-state index is 12.4. The zero-order chi connectivity index (χ0) is 18.5. The molecule has 1 N–H and O–H groups in total. The SMILES string of the molecule is CC[C@H](C(=O)NCC1CCN(c2cnn(C)c(=O)c2)CC1)n1cccn1. The average Bonchev–Trinajstić information content (AvgIpc) is 3.18. The summed E-state index contributed by atoms with van der Waals surface area (Å²) in [6, 6.07) is 3.21. The van der Waals surface area contributed by atoms with Crippen molar-refractivity contribution in [2.45, 2.75) is 32.2 Å². The van der Waals surface area contributed by atoms with E-state index in [2.05, 4.69) is 20.4 Å². The Hall–Kier alpha value is -2.64. The molecule has 1 atom stereocenters. The Balaban J connectivity index is 1.48. The Morgan fingerprint density at radius 3 is 2.73 bits per heavy atom. The lowest BCUT2D eigenvalue weighted by Gasteiger charge is -2.33. The van der Waals surface area contributed by atoms with Crippen molar-refractivity contribution in [3.05, 3.63) is 41.1 Å². The second-order valence-corrected chi connectivity index (χ2v) is 6.76. The van der Waals surface area contributed by atoms with Crippen molar-refractivity contribution in [3.8, 4) is 0 Å². The van der Waals surface area contributed by atoms with Gasteiger partial charge in [-0.2, -0.15) is 10.2 Å². The van der Waals surface area contributed by atoms with Gasteiger partial charge >= 0.3 is 0 Å². The quantitative estimate of drug-likeness (QED) is 0.831. The molecule has 0 spiro atoms. The Morgan fingerprint density at radius 2 is 2.12 bits per heavy atom. The molecule has 8 heteroatoms. The summed E-state index contributed by atoms with van der Waals surface area (Å²) in [6.45, 7) is 4.40. The zero-order valence-corrected chi connectivity index (χ0v) is 15.3. The van der Waals surface area contributed by atoms with E-state index in [4.69, 9.17) is 0 Å². The molecule has 2 aromatic heterocycles. The highest BCUT2D eigenvalue weighted by Crippen LogP contribution is 2.21. The molecule has 26 heavy (non-hydrogen) atoms. The molecule has 2 aromatic rings. The van der Waals surface area contributed by atoms with Crippen molar-refractivity contribution in [1.82, 2.24) is 24.9 Å². The predicted octanol–water partition coefficient (Wildman–Crippen LogP) is 0.961. The fraction of sp³-hybridized carbons (Fsp3) is 0.556. The number of amides is 1. The number of carbonyl (C=O) groups excluding carboxylic acids is 1. The van der Waals surface area contributed by atoms with E-state index < -0.39 is 0 Å². The molecule has 1 aliphatic heterocycles. The average molecular weight is 358 g/mol. The fourth-order valence-electron chi connectivity index (χ4n) is 3.35. The third-order valence-electron chi connectivity index (χ3n) is 5.03. The highest BCUT2D eigenvalue weighted by Gasteiger charge is 2.23. The molecule has 0 bridgehead atoms. The summed E-state index contributed by atoms with van der Waals surface area (Å²) >= 11 is 0. The summed E-state index contributed by atoms with van der Waals surface area (Å²) in [6.07, 6.45) is 7.92. The van der Waals surface area contributed by atoms with Gasteiger partial charge in [-0.25, -0.2) is 4.68 Å². The number of aromatic nitrogens is 4. The molecule has 0 saturated carbocycles. The Bertz CT molecular complexity index is 777. The van der Waals surface area contributed by atoms with Gasteiger partial charge in [-0.3, -0.25) is 14.3 Å². The van der Waals surface area contributed by atoms with Gasteiger partial charge in [0.05, 0.1) is 11.9 Å². The van der Waals surface area contributed by atoms with Crippen LogP contribution in [0.1, 0.15) is 32.2 Å². The second kappa shape index (κ2) is 8.16. The number of nitrogens with one attached hydrogen (secondary N) is 1. The van der Waals surface area contributed by atoms with E-state index in [1.165, 1.54) is 4.68 Å². The first kappa shape index (κ1) is 18.2. The third kappa shape index (κ3) is 4.12. The maximum atomic E-state index is 12.4. The number of hydrogen-bond donors (Lipinski definition) is 1. The Kier molecular flexibility index (Phi) is 5.70. The number of piperidine rings is 1. The smallest absolute Gasteiger partial charge is 0.268 e. The van der Waals surface area contributed by atoms with Gasteiger partial charge in [0, 0.05) is 45.1 Å². The molecule has 1 saturated heterocycles. The van der Waals surface area contributed by atoms with E-state index in [1.54, 1.807) is 30.2 Å². The van der Waals surface area contributed by atoms with Crippen LogP contribution in [0, 0.1) is 5.92 Å². The van der Waals surface area contributed by atoms with Crippen LogP contribution in [-0.2, 0) is 11.8 Å². The number of hydrogen-bond acceptors (Lipinski definition) is 5. The summed E-state index contributed by atoms with van der Waals surface area (Å²) in [5.41, 5.74) is 0.779. The molecule has 0 radical (unpaired) electrons. The standard InChI is InChI=1S/C18H26N6O2/c1-3-16(24-8-4-7-20-24)18(26)19-12-14-5-9-23(10-6-14)15-11-17(25)22(2)21-13-15/h4,7-8,11,13-14,16H,3,5-6,9-10,12H2,1-2H3,(H,19,26)/t16-/m1/s1. The summed E-state index contributed by atoms with van der Waals surface area (Å²) in [4.78, 5) is 26.4. The van der Waals surface area contributed by atoms with Crippen LogP contribution < -0.4 is 15.8 Å². The van der Waals surface area contributed by atoms with Gasteiger partial charge < -0.3 is 10.2 Å². The second-order valence-electron chi connectivity index (χ2n) is 6.76. The van der Waals surface area contributed by atoms with E-state index in [0.29, 0.717) is 18.9 Å². The van der Waals surface area contributed by atoms with Gasteiger partial charge in [-0.1, -0.05) is 6.92 Å². The number of anilines is 1. The maximum Gasteiger partial charge on any atom is 0.268 e. The molecule has 0 unspecified atom stereocenters. The molecule has 0 aromatic carbocycles. The monoisotopic (exact) mass is 358 g/mol. The highest BCUT2D eigenvalue weighted by molar-refractivity contribution is 5.80. The van der Waals surface area contributed by atoms with E-state index in [1.807, 2.05) is 19.2 Å². The molecule has 3 heterocycles. The van der Waals surface area contributed by atoms with Crippen molar-refractivity contribution >= 4 is 11.6 Å². The van der Waals surface area contributed by atoms with Crippen molar-refractivity contribution in [1.29, 1.82) is 0 Å².